The molecule has 6 aromatic rings. The van der Waals surface area contributed by atoms with Crippen molar-refractivity contribution in [3.05, 3.63) is 81.4 Å². The molecule has 2 N–H and O–H groups in total. The van der Waals surface area contributed by atoms with Crippen molar-refractivity contribution >= 4 is 0 Å². The molecular formula is C56H74N10O2. The second-order valence-electron chi connectivity index (χ2n) is 23.5. The highest BCUT2D eigenvalue weighted by atomic mass is 16.5. The fraction of sp³-hybridized carbons (Fsp3) is 0.607. The van der Waals surface area contributed by atoms with Gasteiger partial charge in [-0.3, -0.25) is 10.2 Å². The molecule has 2 unspecified atom stereocenters. The number of pyridine rings is 2. The highest BCUT2D eigenvalue weighted by Gasteiger charge is 2.39. The second kappa shape index (κ2) is 17.5. The molecule has 2 fully saturated rings. The summed E-state index contributed by atoms with van der Waals surface area (Å²) >= 11 is 0. The van der Waals surface area contributed by atoms with Crippen LogP contribution in [0.3, 0.4) is 0 Å². The molecule has 12 rings (SSSR count). The smallest absolute Gasteiger partial charge is 0.150 e. The van der Waals surface area contributed by atoms with Gasteiger partial charge in [0.1, 0.15) is 11.4 Å². The first kappa shape index (κ1) is 45.5. The van der Waals surface area contributed by atoms with E-state index in [9.17, 15) is 0 Å². The maximum absolute atomic E-state index is 6.31. The van der Waals surface area contributed by atoms with Gasteiger partial charge in [-0.1, -0.05) is 67.5 Å². The molecule has 0 aromatic carbocycles. The summed E-state index contributed by atoms with van der Waals surface area (Å²) in [6, 6.07) is 12.8. The van der Waals surface area contributed by atoms with Gasteiger partial charge in [0.25, 0.3) is 0 Å². The molecule has 0 radical (unpaired) electrons. The highest BCUT2D eigenvalue weighted by molar-refractivity contribution is 5.70. The minimum atomic E-state index is -0.0228. The van der Waals surface area contributed by atoms with E-state index in [1.807, 2.05) is 0 Å². The third-order valence-electron chi connectivity index (χ3n) is 16.6. The fourth-order valence-electron chi connectivity index (χ4n) is 12.8. The maximum atomic E-state index is 6.31. The molecule has 2 saturated heterocycles. The summed E-state index contributed by atoms with van der Waals surface area (Å²) in [5.41, 5.74) is 19.1. The lowest BCUT2D eigenvalue weighted by atomic mass is 9.76. The molecular weight excluding hydrogens is 845 g/mol. The highest BCUT2D eigenvalue weighted by Crippen LogP contribution is 2.46. The number of aromatic amines is 2. The van der Waals surface area contributed by atoms with Crippen LogP contribution >= 0.6 is 0 Å². The van der Waals surface area contributed by atoms with Crippen molar-refractivity contribution in [3.8, 4) is 45.6 Å². The van der Waals surface area contributed by atoms with Crippen LogP contribution in [0.2, 0.25) is 0 Å². The van der Waals surface area contributed by atoms with E-state index in [4.69, 9.17) is 29.6 Å². The number of fused-ring (bicyclic) bond motifs is 4. The van der Waals surface area contributed by atoms with Crippen molar-refractivity contribution in [2.75, 3.05) is 13.2 Å². The number of nitrogens with one attached hydrogen (secondary N) is 2. The molecule has 0 bridgehead atoms. The molecule has 8 heterocycles. The van der Waals surface area contributed by atoms with Gasteiger partial charge in [-0.05, 0) is 140 Å². The molecule has 2 aliphatic heterocycles. The van der Waals surface area contributed by atoms with Crippen LogP contribution in [0.15, 0.2) is 36.4 Å². The first-order valence-corrected chi connectivity index (χ1v) is 26.3. The summed E-state index contributed by atoms with van der Waals surface area (Å²) in [7, 11) is 0. The average Bonchev–Trinajstić information content (AvgIpc) is 4.14. The molecule has 0 amide bonds. The van der Waals surface area contributed by atoms with Crippen LogP contribution in [0, 0.1) is 0 Å². The molecule has 68 heavy (non-hydrogen) atoms. The summed E-state index contributed by atoms with van der Waals surface area (Å²) in [6.07, 6.45) is 20.3. The van der Waals surface area contributed by atoms with Gasteiger partial charge in [-0.25, -0.2) is 19.3 Å². The lowest BCUT2D eigenvalue weighted by Gasteiger charge is -2.29. The van der Waals surface area contributed by atoms with E-state index in [0.29, 0.717) is 0 Å². The Kier molecular flexibility index (Phi) is 11.7. The van der Waals surface area contributed by atoms with Crippen molar-refractivity contribution in [1.29, 1.82) is 0 Å². The van der Waals surface area contributed by atoms with E-state index < -0.39 is 0 Å². The quantitative estimate of drug-likeness (QED) is 0.168. The van der Waals surface area contributed by atoms with Gasteiger partial charge in [0, 0.05) is 68.5 Å². The van der Waals surface area contributed by atoms with Gasteiger partial charge in [0.15, 0.2) is 12.5 Å². The Labute approximate surface area is 403 Å². The van der Waals surface area contributed by atoms with Crippen LogP contribution in [-0.4, -0.2) is 63.1 Å². The molecule has 0 saturated carbocycles. The number of H-pyrrole nitrogens is 2. The first-order valence-electron chi connectivity index (χ1n) is 26.3. The number of hydrogen-bond acceptors (Lipinski definition) is 8. The van der Waals surface area contributed by atoms with Crippen molar-refractivity contribution in [1.82, 2.24) is 49.9 Å². The van der Waals surface area contributed by atoms with Crippen LogP contribution in [0.25, 0.3) is 45.6 Å². The first-order chi connectivity index (χ1) is 32.7. The number of rotatable bonds is 6. The molecule has 12 nitrogen and oxygen atoms in total. The molecule has 6 aliphatic rings. The van der Waals surface area contributed by atoms with E-state index in [0.717, 1.165) is 123 Å². The third kappa shape index (κ3) is 8.08. The normalized spacial score (nSPS) is 23.4. The Morgan fingerprint density at radius 1 is 0.471 bits per heavy atom. The van der Waals surface area contributed by atoms with E-state index in [1.165, 1.54) is 96.4 Å². The Morgan fingerprint density at radius 3 is 1.26 bits per heavy atom. The van der Waals surface area contributed by atoms with Crippen LogP contribution < -0.4 is 0 Å². The SMILES string of the molecule is CC1(C)CCCc2c(-c3cccc(-c4n[nH]c5c4CCCC5(C)C)n3)n[nH]c21.CC1(C)CCCc2c1nn(C1CCCCO1)c2-c1cccc(-c2c3c(nn2C2CCCCO2)C(C)(C)CCC3)n1. The lowest BCUT2D eigenvalue weighted by molar-refractivity contribution is -0.0387. The summed E-state index contributed by atoms with van der Waals surface area (Å²) < 4.78 is 17.0. The molecule has 2 atom stereocenters. The van der Waals surface area contributed by atoms with Crippen LogP contribution in [-0.2, 0) is 56.8 Å². The average molecular weight is 919 g/mol. The van der Waals surface area contributed by atoms with Crippen LogP contribution in [0.5, 0.6) is 0 Å². The fourth-order valence-corrected chi connectivity index (χ4v) is 12.8. The Morgan fingerprint density at radius 2 is 0.853 bits per heavy atom. The van der Waals surface area contributed by atoms with Gasteiger partial charge in [-0.15, -0.1) is 0 Å². The second-order valence-corrected chi connectivity index (χ2v) is 23.5. The van der Waals surface area contributed by atoms with Crippen molar-refractivity contribution in [2.24, 2.45) is 0 Å². The number of ether oxygens (including phenoxy) is 2. The zero-order valence-electron chi connectivity index (χ0n) is 42.2. The van der Waals surface area contributed by atoms with Gasteiger partial charge in [0.2, 0.25) is 0 Å². The topological polar surface area (TPSA) is 137 Å². The van der Waals surface area contributed by atoms with Gasteiger partial charge >= 0.3 is 0 Å². The number of aromatic nitrogens is 10. The Bertz CT molecular complexity index is 2620. The molecule has 12 heteroatoms. The summed E-state index contributed by atoms with van der Waals surface area (Å²) in [6.45, 7) is 20.2. The summed E-state index contributed by atoms with van der Waals surface area (Å²) in [5.74, 6) is 0. The zero-order chi connectivity index (χ0) is 47.0. The zero-order valence-corrected chi connectivity index (χ0v) is 42.2. The van der Waals surface area contributed by atoms with Crippen LogP contribution in [0.4, 0.5) is 0 Å². The minimum absolute atomic E-state index is 0.0228. The Hall–Kier alpha value is -4.94. The summed E-state index contributed by atoms with van der Waals surface area (Å²) in [4.78, 5) is 10.5. The molecule has 4 aliphatic carbocycles. The lowest BCUT2D eigenvalue weighted by Crippen LogP contribution is -2.24. The van der Waals surface area contributed by atoms with E-state index in [2.05, 4.69) is 122 Å². The third-order valence-corrected chi connectivity index (χ3v) is 16.6. The van der Waals surface area contributed by atoms with Crippen LogP contribution in [0.1, 0.15) is 203 Å². The minimum Gasteiger partial charge on any atom is -0.356 e. The van der Waals surface area contributed by atoms with E-state index in [-0.39, 0.29) is 34.1 Å². The van der Waals surface area contributed by atoms with Crippen molar-refractivity contribution < 1.29 is 9.47 Å². The van der Waals surface area contributed by atoms with Crippen molar-refractivity contribution in [3.63, 3.8) is 0 Å². The van der Waals surface area contributed by atoms with Gasteiger partial charge in [-0.2, -0.15) is 20.4 Å². The predicted octanol–water partition coefficient (Wildman–Crippen LogP) is 12.5. The predicted molar refractivity (Wildman–Crippen MR) is 268 cm³/mol. The van der Waals surface area contributed by atoms with E-state index >= 15 is 0 Å². The molecule has 0 spiro atoms. The maximum Gasteiger partial charge on any atom is 0.150 e. The van der Waals surface area contributed by atoms with Crippen molar-refractivity contribution in [2.45, 2.75) is 205 Å². The monoisotopic (exact) mass is 919 g/mol. The molecule has 360 valence electrons. The Balaban J connectivity index is 0.000000159. The number of nitrogens with zero attached hydrogens (tertiary/aromatic N) is 8. The van der Waals surface area contributed by atoms with Gasteiger partial charge in [0.05, 0.1) is 45.6 Å². The van der Waals surface area contributed by atoms with E-state index in [1.54, 1.807) is 0 Å². The van der Waals surface area contributed by atoms with Gasteiger partial charge < -0.3 is 9.47 Å². The summed E-state index contributed by atoms with van der Waals surface area (Å²) in [5, 5.41) is 26.6. The number of hydrogen-bond donors (Lipinski definition) is 2. The largest absolute Gasteiger partial charge is 0.356 e. The molecule has 6 aromatic heterocycles. The standard InChI is InChI=1S/C33H45N5O2.C23H29N5/c1-32(2)18-10-12-22-28(37(35-30(22)32)26-16-5-7-20-39-26)24-14-9-15-25(34-24)29-23-13-11-19-33(3,4)31(23)36-38(29)27-17-6-8-21-40-27;1-22(2)12-6-8-14-18(25-27-20(14)22)16-10-5-11-17(24-16)19-15-9-7-13-23(3,4)21(15)28-26-19/h9,14-15,26-27H,5-8,10-13,16-21H2,1-4H3;5,10-11H,6-9,12-13H2,1-4H3,(H,25,27)(H,26,28).